The number of hydrogen-bond acceptors (Lipinski definition) is 4. The number of nitrogens with zero attached hydrogens (tertiary/aromatic N) is 1. The first-order valence-corrected chi connectivity index (χ1v) is 6.66. The zero-order valence-electron chi connectivity index (χ0n) is 10.5. The summed E-state index contributed by atoms with van der Waals surface area (Å²) in [4.78, 5) is 1.95. The summed E-state index contributed by atoms with van der Waals surface area (Å²) in [5, 5.41) is 0. The molecule has 0 aliphatic heterocycles. The van der Waals surface area contributed by atoms with Crippen LogP contribution in [0.3, 0.4) is 0 Å². The number of benzene rings is 1. The van der Waals surface area contributed by atoms with E-state index in [9.17, 15) is 13.0 Å². The van der Waals surface area contributed by atoms with Gasteiger partial charge in [-0.05, 0) is 24.7 Å². The van der Waals surface area contributed by atoms with Crippen LogP contribution in [0.5, 0.6) is 0 Å². The molecule has 90 valence electrons. The first-order valence-electron chi connectivity index (χ1n) is 5.25. The van der Waals surface area contributed by atoms with Gasteiger partial charge in [-0.15, -0.1) is 0 Å². The minimum absolute atomic E-state index is 0. The van der Waals surface area contributed by atoms with Crippen molar-refractivity contribution in [1.29, 1.82) is 0 Å². The van der Waals surface area contributed by atoms with Crippen LogP contribution >= 0.6 is 0 Å². The Balaban J connectivity index is 0.00000256. The minimum atomic E-state index is -4.37. The van der Waals surface area contributed by atoms with Gasteiger partial charge in [-0.3, -0.25) is 4.90 Å². The van der Waals surface area contributed by atoms with Gasteiger partial charge in [0.2, 0.25) is 0 Å². The van der Waals surface area contributed by atoms with Crippen LogP contribution in [0.4, 0.5) is 0 Å². The molecule has 0 aliphatic rings. The Hall–Kier alpha value is 0.0900. The monoisotopic (exact) mass is 265 g/mol. The van der Waals surface area contributed by atoms with Crippen LogP contribution in [0, 0.1) is 0 Å². The Bertz CT molecular complexity index is 444. The normalized spacial score (nSPS) is 11.3. The topological polar surface area (TPSA) is 60.4 Å². The smallest absolute Gasteiger partial charge is 0.744 e. The Morgan fingerprint density at radius 3 is 2.18 bits per heavy atom. The van der Waals surface area contributed by atoms with Crippen molar-refractivity contribution in [3.05, 3.63) is 29.8 Å². The zero-order chi connectivity index (χ0) is 12.2. The Kier molecular flexibility index (Phi) is 7.55. The van der Waals surface area contributed by atoms with Gasteiger partial charge in [0.05, 0.1) is 4.90 Å². The first-order chi connectivity index (χ1) is 7.49. The van der Waals surface area contributed by atoms with Crippen molar-refractivity contribution in [3.8, 4) is 0 Å². The largest absolute Gasteiger partial charge is 1.00 e. The van der Waals surface area contributed by atoms with Gasteiger partial charge in [0.1, 0.15) is 10.1 Å². The number of hydrogen-bond donors (Lipinski definition) is 0. The molecule has 0 atom stereocenters. The summed E-state index contributed by atoms with van der Waals surface area (Å²) < 4.78 is 33.1. The molecule has 1 aromatic rings. The zero-order valence-corrected chi connectivity index (χ0v) is 13.3. The van der Waals surface area contributed by atoms with Gasteiger partial charge in [0, 0.05) is 6.54 Å². The van der Waals surface area contributed by atoms with Crippen LogP contribution < -0.4 is 29.6 Å². The van der Waals surface area contributed by atoms with E-state index in [0.29, 0.717) is 12.1 Å². The van der Waals surface area contributed by atoms with E-state index >= 15 is 0 Å². The quantitative estimate of drug-likeness (QED) is 0.477. The predicted molar refractivity (Wildman–Crippen MR) is 61.0 cm³/mol. The number of rotatable bonds is 5. The van der Waals surface area contributed by atoms with Gasteiger partial charge in [-0.1, -0.05) is 32.0 Å². The van der Waals surface area contributed by atoms with Crippen molar-refractivity contribution in [3.63, 3.8) is 0 Å². The first kappa shape index (κ1) is 17.1. The van der Waals surface area contributed by atoms with E-state index in [-0.39, 0.29) is 34.5 Å². The standard InChI is InChI=1S/C11H17NO3S.Na/c1-3-12(4-2)9-10-7-5-6-8-11(10)16(13,14)15;/h5-8H,3-4,9H2,1-2H3,(H,13,14,15);/q;+1/p-1. The molecular formula is C11H16NNaO3S. The fourth-order valence-electron chi connectivity index (χ4n) is 1.57. The van der Waals surface area contributed by atoms with Crippen molar-refractivity contribution in [2.45, 2.75) is 25.3 Å². The molecule has 0 saturated carbocycles. The molecule has 0 bridgehead atoms. The molecule has 0 aliphatic carbocycles. The van der Waals surface area contributed by atoms with Gasteiger partial charge in [0.25, 0.3) is 0 Å². The van der Waals surface area contributed by atoms with E-state index in [1.54, 1.807) is 18.2 Å². The average Bonchev–Trinajstić information content (AvgIpc) is 2.25. The van der Waals surface area contributed by atoms with Crippen molar-refractivity contribution in [1.82, 2.24) is 4.90 Å². The molecule has 0 saturated heterocycles. The fraction of sp³-hybridized carbons (Fsp3) is 0.455. The molecule has 0 fully saturated rings. The maximum absolute atomic E-state index is 11.0. The van der Waals surface area contributed by atoms with Gasteiger partial charge in [0.15, 0.2) is 0 Å². The van der Waals surface area contributed by atoms with Gasteiger partial charge in [-0.2, -0.15) is 0 Å². The third kappa shape index (κ3) is 5.07. The Morgan fingerprint density at radius 1 is 1.18 bits per heavy atom. The van der Waals surface area contributed by atoms with Crippen LogP contribution in [-0.2, 0) is 16.7 Å². The van der Waals surface area contributed by atoms with Gasteiger partial charge < -0.3 is 4.55 Å². The molecule has 0 aromatic heterocycles. The molecule has 0 radical (unpaired) electrons. The third-order valence-corrected chi connectivity index (χ3v) is 3.47. The fourth-order valence-corrected chi connectivity index (χ4v) is 2.27. The van der Waals surface area contributed by atoms with Gasteiger partial charge >= 0.3 is 29.6 Å². The van der Waals surface area contributed by atoms with Crippen LogP contribution in [-0.4, -0.2) is 31.0 Å². The predicted octanol–water partition coefficient (Wildman–Crippen LogP) is -1.56. The van der Waals surface area contributed by atoms with E-state index in [0.717, 1.165) is 13.1 Å². The molecule has 0 N–H and O–H groups in total. The molecule has 1 aromatic carbocycles. The summed E-state index contributed by atoms with van der Waals surface area (Å²) >= 11 is 0. The van der Waals surface area contributed by atoms with Crippen molar-refractivity contribution < 1.29 is 42.5 Å². The second kappa shape index (κ2) is 7.51. The molecule has 6 heteroatoms. The van der Waals surface area contributed by atoms with Crippen LogP contribution in [0.25, 0.3) is 0 Å². The summed E-state index contributed by atoms with van der Waals surface area (Å²) in [6.45, 7) is 6.13. The maximum atomic E-state index is 11.0. The second-order valence-electron chi connectivity index (χ2n) is 3.52. The summed E-state index contributed by atoms with van der Waals surface area (Å²) in [6.07, 6.45) is 0. The van der Waals surface area contributed by atoms with Gasteiger partial charge in [-0.25, -0.2) is 8.42 Å². The molecule has 0 heterocycles. The van der Waals surface area contributed by atoms with Crippen LogP contribution in [0.15, 0.2) is 29.2 Å². The molecule has 0 unspecified atom stereocenters. The maximum Gasteiger partial charge on any atom is 1.00 e. The molecule has 17 heavy (non-hydrogen) atoms. The van der Waals surface area contributed by atoms with Crippen molar-refractivity contribution in [2.24, 2.45) is 0 Å². The van der Waals surface area contributed by atoms with Crippen molar-refractivity contribution >= 4 is 10.1 Å². The van der Waals surface area contributed by atoms with Crippen LogP contribution in [0.1, 0.15) is 19.4 Å². The molecule has 4 nitrogen and oxygen atoms in total. The Labute approximate surface area is 125 Å². The summed E-state index contributed by atoms with van der Waals surface area (Å²) in [5.74, 6) is 0. The third-order valence-electron chi connectivity index (χ3n) is 2.53. The van der Waals surface area contributed by atoms with E-state index in [4.69, 9.17) is 0 Å². The summed E-state index contributed by atoms with van der Waals surface area (Å²) in [6, 6.07) is 6.36. The van der Waals surface area contributed by atoms with E-state index in [1.165, 1.54) is 6.07 Å². The minimum Gasteiger partial charge on any atom is -0.744 e. The molecular weight excluding hydrogens is 249 g/mol. The average molecular weight is 265 g/mol. The van der Waals surface area contributed by atoms with E-state index < -0.39 is 10.1 Å². The van der Waals surface area contributed by atoms with E-state index in [1.807, 2.05) is 13.8 Å². The molecule has 0 amide bonds. The molecule has 0 spiro atoms. The summed E-state index contributed by atoms with van der Waals surface area (Å²) in [7, 11) is -4.37. The SMILES string of the molecule is CCN(CC)Cc1ccccc1S(=O)(=O)[O-].[Na+]. The van der Waals surface area contributed by atoms with Crippen molar-refractivity contribution in [2.75, 3.05) is 13.1 Å². The molecule has 1 rings (SSSR count). The summed E-state index contributed by atoms with van der Waals surface area (Å²) in [5.41, 5.74) is 0.571. The van der Waals surface area contributed by atoms with Crippen LogP contribution in [0.2, 0.25) is 0 Å². The second-order valence-corrected chi connectivity index (χ2v) is 4.87. The Morgan fingerprint density at radius 2 is 1.71 bits per heavy atom. The van der Waals surface area contributed by atoms with E-state index in [2.05, 4.69) is 4.90 Å².